The zero-order valence-corrected chi connectivity index (χ0v) is 20.4. The van der Waals surface area contributed by atoms with Crippen LogP contribution in [0.4, 0.5) is 15.4 Å². The second-order valence-corrected chi connectivity index (χ2v) is 9.63. The number of amides is 3. The number of aromatic nitrogens is 4. The first-order valence-corrected chi connectivity index (χ1v) is 12.5. The summed E-state index contributed by atoms with van der Waals surface area (Å²) >= 11 is 1.49. The summed E-state index contributed by atoms with van der Waals surface area (Å²) in [6.07, 6.45) is 3.92. The number of nitrogens with one attached hydrogen (secondary N) is 2. The first kappa shape index (κ1) is 23.8. The molecule has 3 N–H and O–H groups in total. The first-order chi connectivity index (χ1) is 17.4. The van der Waals surface area contributed by atoms with Crippen molar-refractivity contribution < 1.29 is 24.2 Å². The summed E-state index contributed by atoms with van der Waals surface area (Å²) in [4.78, 5) is 49.4. The van der Waals surface area contributed by atoms with E-state index in [9.17, 15) is 19.5 Å². The number of ether oxygens (including phenoxy) is 1. The van der Waals surface area contributed by atoms with Gasteiger partial charge in [-0.2, -0.15) is 5.10 Å². The number of hydrogen-bond acceptors (Lipinski definition) is 9. The Morgan fingerprint density at radius 1 is 1.11 bits per heavy atom. The summed E-state index contributed by atoms with van der Waals surface area (Å²) in [7, 11) is 1.32. The van der Waals surface area contributed by atoms with E-state index in [0.29, 0.717) is 62.6 Å². The summed E-state index contributed by atoms with van der Waals surface area (Å²) in [6.45, 7) is 1.70. The van der Waals surface area contributed by atoms with Crippen molar-refractivity contribution in [2.45, 2.75) is 31.3 Å². The van der Waals surface area contributed by atoms with Gasteiger partial charge < -0.3 is 30.3 Å². The lowest BCUT2D eigenvalue weighted by molar-refractivity contribution is 0.0698. The summed E-state index contributed by atoms with van der Waals surface area (Å²) < 4.78 is 6.39. The molecule has 190 valence electrons. The molecule has 2 fully saturated rings. The third-order valence-corrected chi connectivity index (χ3v) is 7.31. The Morgan fingerprint density at radius 2 is 1.86 bits per heavy atom. The summed E-state index contributed by atoms with van der Waals surface area (Å²) in [5, 5.41) is 21.6. The van der Waals surface area contributed by atoms with E-state index in [1.165, 1.54) is 23.3 Å². The van der Waals surface area contributed by atoms with Crippen molar-refractivity contribution in [1.82, 2.24) is 34.7 Å². The van der Waals surface area contributed by atoms with Gasteiger partial charge >= 0.3 is 12.2 Å². The summed E-state index contributed by atoms with van der Waals surface area (Å²) in [5.74, 6) is 0.598. The number of carbonyl (C=O) groups excluding carboxylic acids is 2. The van der Waals surface area contributed by atoms with Crippen molar-refractivity contribution in [3.8, 4) is 11.4 Å². The van der Waals surface area contributed by atoms with Crippen LogP contribution in [-0.2, 0) is 4.74 Å². The lowest BCUT2D eigenvalue weighted by Gasteiger charge is -2.32. The lowest BCUT2D eigenvalue weighted by atomic mass is 10.0. The second kappa shape index (κ2) is 9.97. The van der Waals surface area contributed by atoms with E-state index in [-0.39, 0.29) is 23.7 Å². The summed E-state index contributed by atoms with van der Waals surface area (Å²) in [6, 6.07) is 1.43. The quantitative estimate of drug-likeness (QED) is 0.463. The van der Waals surface area contributed by atoms with Gasteiger partial charge in [0.1, 0.15) is 16.3 Å². The number of carbonyl (C=O) groups is 3. The molecule has 13 nitrogen and oxygen atoms in total. The van der Waals surface area contributed by atoms with Crippen LogP contribution in [-0.4, -0.2) is 98.0 Å². The molecule has 0 saturated carbocycles. The Balaban J connectivity index is 1.39. The average molecular weight is 515 g/mol. The van der Waals surface area contributed by atoms with Crippen molar-refractivity contribution in [1.29, 1.82) is 0 Å². The normalized spacial score (nSPS) is 18.4. The molecular formula is C22H26N8O5S. The van der Waals surface area contributed by atoms with Gasteiger partial charge in [0.15, 0.2) is 5.82 Å². The van der Waals surface area contributed by atoms with Gasteiger partial charge in [-0.3, -0.25) is 4.79 Å². The number of methoxy groups -OCH3 is 1. The standard InChI is InChI=1S/C22H26N8O5S/c1-35-21(32)25-13-2-5-28(6-3-13)19(31)16-10-17(24-14-4-7-29(12-14)22(33)34)27-18(26-16)15-11-23-30-8-9-36-20(15)30/h8-11,13-14H,2-7,12H2,1H3,(H,25,32)(H,33,34)(H,24,26,27)/t14-/m0/s1. The van der Waals surface area contributed by atoms with Gasteiger partial charge in [0.25, 0.3) is 5.91 Å². The van der Waals surface area contributed by atoms with Gasteiger partial charge in [0, 0.05) is 55.9 Å². The monoisotopic (exact) mass is 514 g/mol. The van der Waals surface area contributed by atoms with Gasteiger partial charge in [-0.1, -0.05) is 0 Å². The molecule has 2 saturated heterocycles. The first-order valence-electron chi connectivity index (χ1n) is 11.6. The molecule has 0 bridgehead atoms. The minimum atomic E-state index is -0.955. The molecular weight excluding hydrogens is 488 g/mol. The van der Waals surface area contributed by atoms with Crippen LogP contribution in [0.3, 0.4) is 0 Å². The molecule has 3 amide bonds. The number of hydrogen-bond donors (Lipinski definition) is 3. The maximum absolute atomic E-state index is 13.4. The Bertz CT molecular complexity index is 1280. The fourth-order valence-electron chi connectivity index (χ4n) is 4.51. The SMILES string of the molecule is COC(=O)NC1CCN(C(=O)c2cc(N[C@H]3CCN(C(=O)O)C3)nc(-c3cnn4ccsc34)n2)CC1. The molecule has 0 spiro atoms. The van der Waals surface area contributed by atoms with E-state index < -0.39 is 12.2 Å². The topological polar surface area (TPSA) is 154 Å². The molecule has 5 rings (SSSR count). The molecule has 0 unspecified atom stereocenters. The number of thiazole rings is 1. The zero-order chi connectivity index (χ0) is 25.2. The molecule has 2 aliphatic heterocycles. The van der Waals surface area contributed by atoms with E-state index >= 15 is 0 Å². The van der Waals surface area contributed by atoms with Crippen LogP contribution in [0.1, 0.15) is 29.8 Å². The van der Waals surface area contributed by atoms with Crippen LogP contribution in [0.25, 0.3) is 16.2 Å². The highest BCUT2D eigenvalue weighted by molar-refractivity contribution is 7.16. The predicted molar refractivity (Wildman–Crippen MR) is 130 cm³/mol. The molecule has 0 aliphatic carbocycles. The van der Waals surface area contributed by atoms with Crippen LogP contribution in [0, 0.1) is 0 Å². The number of rotatable bonds is 5. The van der Waals surface area contributed by atoms with Crippen LogP contribution >= 0.6 is 11.3 Å². The molecule has 0 aromatic carbocycles. The highest BCUT2D eigenvalue weighted by Crippen LogP contribution is 2.27. The van der Waals surface area contributed by atoms with Gasteiger partial charge in [-0.05, 0) is 19.3 Å². The molecule has 1 atom stereocenters. The smallest absolute Gasteiger partial charge is 0.407 e. The van der Waals surface area contributed by atoms with Crippen molar-refractivity contribution >= 4 is 40.1 Å². The number of alkyl carbamates (subject to hydrolysis) is 1. The number of carboxylic acid groups (broad SMARTS) is 1. The predicted octanol–water partition coefficient (Wildman–Crippen LogP) is 1.98. The van der Waals surface area contributed by atoms with E-state index in [1.54, 1.807) is 21.7 Å². The van der Waals surface area contributed by atoms with Crippen LogP contribution in [0.2, 0.25) is 0 Å². The molecule has 36 heavy (non-hydrogen) atoms. The van der Waals surface area contributed by atoms with E-state index in [1.807, 2.05) is 11.6 Å². The third-order valence-electron chi connectivity index (χ3n) is 6.42. The minimum absolute atomic E-state index is 0.0567. The van der Waals surface area contributed by atoms with Crippen molar-refractivity contribution in [2.75, 3.05) is 38.6 Å². The van der Waals surface area contributed by atoms with Crippen LogP contribution < -0.4 is 10.6 Å². The Kier molecular flexibility index (Phi) is 6.59. The van der Waals surface area contributed by atoms with Crippen molar-refractivity contribution in [3.63, 3.8) is 0 Å². The summed E-state index contributed by atoms with van der Waals surface area (Å²) in [5.41, 5.74) is 0.952. The molecule has 0 radical (unpaired) electrons. The number of nitrogens with zero attached hydrogens (tertiary/aromatic N) is 6. The van der Waals surface area contributed by atoms with Gasteiger partial charge in [0.2, 0.25) is 0 Å². The second-order valence-electron chi connectivity index (χ2n) is 8.73. The highest BCUT2D eigenvalue weighted by atomic mass is 32.1. The van der Waals surface area contributed by atoms with Gasteiger partial charge in [-0.25, -0.2) is 24.1 Å². The molecule has 3 aromatic rings. The third kappa shape index (κ3) is 4.89. The van der Waals surface area contributed by atoms with E-state index in [4.69, 9.17) is 0 Å². The molecule has 2 aliphatic rings. The fraction of sp³-hybridized carbons (Fsp3) is 0.455. The van der Waals surface area contributed by atoms with E-state index in [0.717, 1.165) is 4.83 Å². The van der Waals surface area contributed by atoms with Crippen LogP contribution in [0.15, 0.2) is 23.8 Å². The Hall–Kier alpha value is -3.94. The number of anilines is 1. The molecule has 14 heteroatoms. The molecule has 3 aromatic heterocycles. The Morgan fingerprint density at radius 3 is 2.58 bits per heavy atom. The van der Waals surface area contributed by atoms with Crippen molar-refractivity contribution in [2.24, 2.45) is 0 Å². The fourth-order valence-corrected chi connectivity index (χ4v) is 5.30. The number of piperidine rings is 1. The van der Waals surface area contributed by atoms with Crippen molar-refractivity contribution in [3.05, 3.63) is 29.5 Å². The molecule has 5 heterocycles. The maximum Gasteiger partial charge on any atom is 0.407 e. The maximum atomic E-state index is 13.4. The zero-order valence-electron chi connectivity index (χ0n) is 19.6. The lowest BCUT2D eigenvalue weighted by Crippen LogP contribution is -2.46. The highest BCUT2D eigenvalue weighted by Gasteiger charge is 2.29. The largest absolute Gasteiger partial charge is 0.465 e. The van der Waals surface area contributed by atoms with Gasteiger partial charge in [-0.15, -0.1) is 11.3 Å². The van der Waals surface area contributed by atoms with Gasteiger partial charge in [0.05, 0.1) is 18.9 Å². The Labute approximate surface area is 210 Å². The van der Waals surface area contributed by atoms with Crippen LogP contribution in [0.5, 0.6) is 0 Å². The van der Waals surface area contributed by atoms with E-state index in [2.05, 4.69) is 30.4 Å². The number of fused-ring (bicyclic) bond motifs is 1. The minimum Gasteiger partial charge on any atom is -0.465 e. The number of likely N-dealkylation sites (tertiary alicyclic amines) is 2. The average Bonchev–Trinajstić information content (AvgIpc) is 3.61.